The maximum atomic E-state index is 9.59. The van der Waals surface area contributed by atoms with Crippen molar-refractivity contribution < 1.29 is 14.0 Å². The van der Waals surface area contributed by atoms with Crippen molar-refractivity contribution in [2.24, 2.45) is 4.99 Å². The molecule has 1 aromatic carbocycles. The fourth-order valence-corrected chi connectivity index (χ4v) is 1.39. The number of methoxy groups -OCH3 is 1. The van der Waals surface area contributed by atoms with Crippen LogP contribution in [0.5, 0.6) is 11.5 Å². The monoisotopic (exact) mass is 180 g/mol. The van der Waals surface area contributed by atoms with Gasteiger partial charge in [-0.1, -0.05) is 0 Å². The predicted octanol–water partition coefficient (Wildman–Crippen LogP) is 1.38. The fourth-order valence-electron chi connectivity index (χ4n) is 1.39. The van der Waals surface area contributed by atoms with Crippen LogP contribution in [0.25, 0.3) is 0 Å². The molecule has 0 unspecified atom stereocenters. The summed E-state index contributed by atoms with van der Waals surface area (Å²) in [6.45, 7) is 0.672. The number of ether oxygens (including phenoxy) is 1. The summed E-state index contributed by atoms with van der Waals surface area (Å²) >= 11 is 0. The molecule has 0 amide bonds. The Labute approximate surface area is 80.9 Å². The van der Waals surface area contributed by atoms with Crippen LogP contribution < -0.4 is 4.74 Å². The van der Waals surface area contributed by atoms with E-state index in [2.05, 4.69) is 4.99 Å². The van der Waals surface area contributed by atoms with Gasteiger partial charge in [-0.25, -0.2) is 0 Å². The summed E-state index contributed by atoms with van der Waals surface area (Å²) in [4.78, 5) is 4.08. The lowest BCUT2D eigenvalue weighted by Crippen LogP contribution is -2.03. The lowest BCUT2D eigenvalue weighted by molar-refractivity contribution is 0.373. The third-order valence-corrected chi connectivity index (χ3v) is 2.07. The zero-order valence-corrected chi connectivity index (χ0v) is 6.95. The number of phenols is 1. The number of fused-ring (bicyclic) bond motifs is 1. The Balaban J connectivity index is 2.37. The van der Waals surface area contributed by atoms with E-state index < -0.39 is 7.04 Å². The van der Waals surface area contributed by atoms with Gasteiger partial charge in [0, 0.05) is 12.8 Å². The van der Waals surface area contributed by atoms with E-state index in [0.717, 1.165) is 17.5 Å². The minimum Gasteiger partial charge on any atom is -0.504 e. The third-order valence-electron chi connectivity index (χ3n) is 2.07. The molecule has 0 saturated carbocycles. The zero-order valence-electron chi connectivity index (χ0n) is 9.95. The van der Waals surface area contributed by atoms with E-state index in [1.54, 1.807) is 12.3 Å². The van der Waals surface area contributed by atoms with Crippen LogP contribution in [0.15, 0.2) is 17.1 Å². The predicted molar refractivity (Wildman–Crippen MR) is 50.8 cm³/mol. The smallest absolute Gasteiger partial charge is 0.160 e. The van der Waals surface area contributed by atoms with Crippen LogP contribution in [-0.2, 0) is 6.42 Å². The molecule has 1 aromatic rings. The molecule has 13 heavy (non-hydrogen) atoms. The van der Waals surface area contributed by atoms with Gasteiger partial charge in [0.25, 0.3) is 0 Å². The van der Waals surface area contributed by atoms with Crippen molar-refractivity contribution in [2.45, 2.75) is 6.42 Å². The fraction of sp³-hybridized carbons (Fsp3) is 0.300. The molecule has 2 rings (SSSR count). The lowest BCUT2D eigenvalue weighted by atomic mass is 10.0. The first kappa shape index (κ1) is 5.27. The van der Waals surface area contributed by atoms with Gasteiger partial charge in [0.15, 0.2) is 11.5 Å². The van der Waals surface area contributed by atoms with Crippen molar-refractivity contribution in [1.82, 2.24) is 0 Å². The maximum Gasteiger partial charge on any atom is 0.160 e. The van der Waals surface area contributed by atoms with Crippen molar-refractivity contribution in [1.29, 1.82) is 0 Å². The van der Waals surface area contributed by atoms with Gasteiger partial charge in [-0.15, -0.1) is 0 Å². The highest BCUT2D eigenvalue weighted by Gasteiger charge is 2.10. The largest absolute Gasteiger partial charge is 0.504 e. The van der Waals surface area contributed by atoms with Gasteiger partial charge in [0.1, 0.15) is 0 Å². The van der Waals surface area contributed by atoms with Crippen molar-refractivity contribution in [3.8, 4) is 11.5 Å². The van der Waals surface area contributed by atoms with Crippen LogP contribution in [0.4, 0.5) is 0 Å². The molecule has 0 fully saturated rings. The molecule has 0 spiro atoms. The Kier molecular flexibility index (Phi) is 1.25. The van der Waals surface area contributed by atoms with Gasteiger partial charge >= 0.3 is 0 Å². The number of nitrogens with zero attached hydrogens (tertiary/aromatic N) is 1. The van der Waals surface area contributed by atoms with Crippen LogP contribution in [0.3, 0.4) is 0 Å². The van der Waals surface area contributed by atoms with E-state index in [1.165, 1.54) is 6.07 Å². The number of aliphatic imine (C=N–C) groups is 1. The van der Waals surface area contributed by atoms with Crippen molar-refractivity contribution in [3.05, 3.63) is 23.3 Å². The van der Waals surface area contributed by atoms with Gasteiger partial charge in [-0.3, -0.25) is 4.99 Å². The topological polar surface area (TPSA) is 41.8 Å². The summed E-state index contributed by atoms with van der Waals surface area (Å²) in [6.07, 6.45) is 2.39. The van der Waals surface area contributed by atoms with E-state index >= 15 is 0 Å². The highest BCUT2D eigenvalue weighted by molar-refractivity contribution is 5.84. The number of hydrogen-bond donors (Lipinski definition) is 1. The molecule has 1 N–H and O–H groups in total. The first-order valence-corrected chi connectivity index (χ1v) is 4.00. The van der Waals surface area contributed by atoms with Crippen molar-refractivity contribution in [2.75, 3.05) is 13.6 Å². The first-order chi connectivity index (χ1) is 7.46. The molecule has 0 aliphatic carbocycles. The van der Waals surface area contributed by atoms with Gasteiger partial charge in [-0.05, 0) is 29.7 Å². The number of hydrogen-bond acceptors (Lipinski definition) is 3. The molecule has 68 valence electrons. The molecular formula is C10H11NO2. The van der Waals surface area contributed by atoms with Crippen LogP contribution in [0, 0.1) is 0 Å². The normalized spacial score (nSPS) is 18.3. The first-order valence-electron chi connectivity index (χ1n) is 5.50. The van der Waals surface area contributed by atoms with E-state index in [-0.39, 0.29) is 11.5 Å². The zero-order chi connectivity index (χ0) is 11.8. The number of phenolic OH excluding ortho intramolecular Hbond substituents is 1. The second-order valence-corrected chi connectivity index (χ2v) is 2.91. The Morgan fingerprint density at radius 1 is 1.62 bits per heavy atom. The van der Waals surface area contributed by atoms with Crippen molar-refractivity contribution in [3.63, 3.8) is 0 Å². The minimum atomic E-state index is -2.55. The Morgan fingerprint density at radius 2 is 2.54 bits per heavy atom. The van der Waals surface area contributed by atoms with Crippen LogP contribution >= 0.6 is 0 Å². The SMILES string of the molecule is [2H]C([2H])([2H])Oc1cc2c(cc1O)C=NCC2. The highest BCUT2D eigenvalue weighted by atomic mass is 16.5. The van der Waals surface area contributed by atoms with Crippen LogP contribution in [0.2, 0.25) is 0 Å². The summed E-state index contributed by atoms with van der Waals surface area (Å²) in [5, 5.41) is 9.59. The molecular weight excluding hydrogens is 166 g/mol. The third kappa shape index (κ3) is 1.37. The number of rotatable bonds is 1. The molecule has 1 aliphatic rings. The van der Waals surface area contributed by atoms with E-state index in [4.69, 9.17) is 8.85 Å². The standard InChI is InChI=1S/C10H11NO2/c1-13-10-5-7-2-3-11-6-8(7)4-9(10)12/h4-6,12H,2-3H2,1H3/i1D3. The number of benzene rings is 1. The molecule has 0 aromatic heterocycles. The van der Waals surface area contributed by atoms with Crippen LogP contribution in [0.1, 0.15) is 15.2 Å². The van der Waals surface area contributed by atoms with E-state index in [0.29, 0.717) is 6.54 Å². The van der Waals surface area contributed by atoms with Gasteiger partial charge in [0.05, 0.1) is 11.2 Å². The summed E-state index contributed by atoms with van der Waals surface area (Å²) in [5.41, 5.74) is 1.74. The summed E-state index contributed by atoms with van der Waals surface area (Å²) in [7, 11) is -2.55. The molecule has 1 heterocycles. The Morgan fingerprint density at radius 3 is 3.38 bits per heavy atom. The molecule has 1 aliphatic heterocycles. The molecule has 3 nitrogen and oxygen atoms in total. The number of aromatic hydroxyl groups is 1. The van der Waals surface area contributed by atoms with Gasteiger partial charge < -0.3 is 9.84 Å². The Bertz CT molecular complexity index is 440. The molecule has 3 heteroatoms. The average molecular weight is 180 g/mol. The Hall–Kier alpha value is -1.51. The van der Waals surface area contributed by atoms with Gasteiger partial charge in [-0.2, -0.15) is 0 Å². The van der Waals surface area contributed by atoms with E-state index in [9.17, 15) is 5.11 Å². The second-order valence-electron chi connectivity index (χ2n) is 2.91. The summed E-state index contributed by atoms with van der Waals surface area (Å²) in [5.74, 6) is -0.183. The van der Waals surface area contributed by atoms with Crippen molar-refractivity contribution >= 4 is 6.21 Å². The highest BCUT2D eigenvalue weighted by Crippen LogP contribution is 2.29. The maximum absolute atomic E-state index is 9.59. The summed E-state index contributed by atoms with van der Waals surface area (Å²) in [6, 6.07) is 3.03. The minimum absolute atomic E-state index is 0.00551. The average Bonchev–Trinajstić information content (AvgIpc) is 2.17. The molecule has 0 atom stereocenters. The molecule has 0 radical (unpaired) electrons. The molecule has 0 saturated heterocycles. The van der Waals surface area contributed by atoms with Gasteiger partial charge in [0.2, 0.25) is 0 Å². The summed E-state index contributed by atoms with van der Waals surface area (Å²) < 4.78 is 25.6. The molecule has 0 bridgehead atoms. The van der Waals surface area contributed by atoms with Crippen LogP contribution in [-0.4, -0.2) is 24.9 Å². The van der Waals surface area contributed by atoms with E-state index in [1.807, 2.05) is 0 Å². The quantitative estimate of drug-likeness (QED) is 0.709. The lowest BCUT2D eigenvalue weighted by Gasteiger charge is -2.12. The second kappa shape index (κ2) is 3.09.